The highest BCUT2D eigenvalue weighted by atomic mass is 16.5. The maximum atomic E-state index is 11.6. The van der Waals surface area contributed by atoms with E-state index < -0.39 is 5.91 Å². The van der Waals surface area contributed by atoms with E-state index in [-0.39, 0.29) is 5.57 Å². The first-order valence-corrected chi connectivity index (χ1v) is 5.36. The van der Waals surface area contributed by atoms with Gasteiger partial charge < -0.3 is 10.1 Å². The summed E-state index contributed by atoms with van der Waals surface area (Å²) in [5.41, 5.74) is 0.714. The molecule has 0 bridgehead atoms. The van der Waals surface area contributed by atoms with Crippen molar-refractivity contribution in [3.63, 3.8) is 0 Å². The molecule has 0 aliphatic heterocycles. The van der Waals surface area contributed by atoms with E-state index in [9.17, 15) is 4.79 Å². The first-order valence-electron chi connectivity index (χ1n) is 5.36. The molecule has 0 saturated heterocycles. The highest BCUT2D eigenvalue weighted by molar-refractivity contribution is 6.02. The quantitative estimate of drug-likeness (QED) is 0.487. The average Bonchev–Trinajstić information content (AvgIpc) is 2.42. The van der Waals surface area contributed by atoms with E-state index in [0.29, 0.717) is 17.9 Å². The molecule has 4 heteroatoms. The zero-order chi connectivity index (χ0) is 13.4. The summed E-state index contributed by atoms with van der Waals surface area (Å²) in [6.07, 6.45) is 3.05. The highest BCUT2D eigenvalue weighted by Crippen LogP contribution is 2.20. The number of nitrogens with zero attached hydrogens (tertiary/aromatic N) is 1. The number of hydrogen-bond acceptors (Lipinski definition) is 3. The van der Waals surface area contributed by atoms with Crippen LogP contribution in [0.2, 0.25) is 0 Å². The number of amides is 1. The number of ether oxygens (including phenoxy) is 1. The van der Waals surface area contributed by atoms with Crippen LogP contribution in [0.25, 0.3) is 6.08 Å². The largest absolute Gasteiger partial charge is 0.496 e. The summed E-state index contributed by atoms with van der Waals surface area (Å²) in [6, 6.07) is 9.04. The molecule has 1 amide bonds. The Morgan fingerprint density at radius 1 is 1.56 bits per heavy atom. The molecule has 1 aromatic carbocycles. The van der Waals surface area contributed by atoms with Gasteiger partial charge in [-0.15, -0.1) is 6.58 Å². The molecule has 1 rings (SSSR count). The fourth-order valence-electron chi connectivity index (χ4n) is 1.35. The Balaban J connectivity index is 3.01. The fraction of sp³-hybridized carbons (Fsp3) is 0.143. The second-order valence-electron chi connectivity index (χ2n) is 3.41. The molecule has 0 aliphatic carbocycles. The van der Waals surface area contributed by atoms with Crippen molar-refractivity contribution in [3.05, 3.63) is 48.1 Å². The van der Waals surface area contributed by atoms with Gasteiger partial charge in [0, 0.05) is 12.1 Å². The van der Waals surface area contributed by atoms with E-state index in [2.05, 4.69) is 11.9 Å². The first kappa shape index (κ1) is 13.5. The van der Waals surface area contributed by atoms with Gasteiger partial charge >= 0.3 is 0 Å². The van der Waals surface area contributed by atoms with Crippen LogP contribution in [-0.4, -0.2) is 19.6 Å². The minimum absolute atomic E-state index is 0.0290. The number of benzene rings is 1. The van der Waals surface area contributed by atoms with E-state index in [4.69, 9.17) is 10.00 Å². The molecule has 1 N–H and O–H groups in total. The number of hydrogen-bond donors (Lipinski definition) is 1. The summed E-state index contributed by atoms with van der Waals surface area (Å²) in [4.78, 5) is 11.6. The van der Waals surface area contributed by atoms with Crippen LogP contribution in [0.4, 0.5) is 0 Å². The predicted octanol–water partition coefficient (Wildman–Crippen LogP) is 1.90. The normalized spacial score (nSPS) is 10.3. The third-order valence-electron chi connectivity index (χ3n) is 2.21. The zero-order valence-electron chi connectivity index (χ0n) is 10.1. The van der Waals surface area contributed by atoms with E-state index >= 15 is 0 Å². The molecule has 0 aromatic heterocycles. The number of methoxy groups -OCH3 is 1. The van der Waals surface area contributed by atoms with Crippen molar-refractivity contribution in [2.45, 2.75) is 0 Å². The molecular formula is C14H14N2O2. The van der Waals surface area contributed by atoms with Crippen LogP contribution in [0, 0.1) is 11.3 Å². The summed E-state index contributed by atoms with van der Waals surface area (Å²) in [7, 11) is 1.54. The van der Waals surface area contributed by atoms with Crippen molar-refractivity contribution in [2.24, 2.45) is 0 Å². The lowest BCUT2D eigenvalue weighted by atomic mass is 10.1. The Morgan fingerprint density at radius 2 is 2.28 bits per heavy atom. The van der Waals surface area contributed by atoms with Crippen LogP contribution >= 0.6 is 0 Å². The van der Waals surface area contributed by atoms with Gasteiger partial charge in [0.1, 0.15) is 17.4 Å². The second kappa shape index (κ2) is 6.92. The maximum Gasteiger partial charge on any atom is 0.262 e. The summed E-state index contributed by atoms with van der Waals surface area (Å²) in [5.74, 6) is 0.185. The molecule has 0 radical (unpaired) electrons. The van der Waals surface area contributed by atoms with E-state index in [1.165, 1.54) is 13.2 Å². The molecule has 1 aromatic rings. The Morgan fingerprint density at radius 3 is 2.89 bits per heavy atom. The minimum atomic E-state index is -0.427. The Bertz CT molecular complexity index is 513. The minimum Gasteiger partial charge on any atom is -0.496 e. The molecular weight excluding hydrogens is 228 g/mol. The molecule has 0 heterocycles. The van der Waals surface area contributed by atoms with Gasteiger partial charge in [-0.25, -0.2) is 0 Å². The van der Waals surface area contributed by atoms with Gasteiger partial charge in [-0.1, -0.05) is 24.3 Å². The van der Waals surface area contributed by atoms with Gasteiger partial charge in [0.25, 0.3) is 5.91 Å². The highest BCUT2D eigenvalue weighted by Gasteiger charge is 2.09. The SMILES string of the molecule is C=CCNC(=O)/C(C#N)=C/c1ccccc1OC. The summed E-state index contributed by atoms with van der Waals surface area (Å²) in [5, 5.41) is 11.5. The lowest BCUT2D eigenvalue weighted by Crippen LogP contribution is -2.24. The number of rotatable bonds is 5. The van der Waals surface area contributed by atoms with Crippen LogP contribution in [0.3, 0.4) is 0 Å². The lowest BCUT2D eigenvalue weighted by molar-refractivity contribution is -0.116. The molecule has 0 aliphatic rings. The number of carbonyl (C=O) groups excluding carboxylic acids is 1. The molecule has 0 spiro atoms. The van der Waals surface area contributed by atoms with Crippen LogP contribution < -0.4 is 10.1 Å². The molecule has 18 heavy (non-hydrogen) atoms. The summed E-state index contributed by atoms with van der Waals surface area (Å²) >= 11 is 0. The van der Waals surface area contributed by atoms with Crippen LogP contribution in [0.5, 0.6) is 5.75 Å². The monoisotopic (exact) mass is 242 g/mol. The van der Waals surface area contributed by atoms with Crippen molar-refractivity contribution in [2.75, 3.05) is 13.7 Å². The van der Waals surface area contributed by atoms with Gasteiger partial charge in [0.2, 0.25) is 0 Å². The standard InChI is InChI=1S/C14H14N2O2/c1-3-8-16-14(17)12(10-15)9-11-6-4-5-7-13(11)18-2/h3-7,9H,1,8H2,2H3,(H,16,17)/b12-9+. The Labute approximate surface area is 106 Å². The van der Waals surface area contributed by atoms with Gasteiger partial charge in [-0.05, 0) is 12.1 Å². The van der Waals surface area contributed by atoms with Gasteiger partial charge in [0.15, 0.2) is 0 Å². The average molecular weight is 242 g/mol. The van der Waals surface area contributed by atoms with Crippen molar-refractivity contribution in [1.82, 2.24) is 5.32 Å². The Kier molecular flexibility index (Phi) is 5.20. The lowest BCUT2D eigenvalue weighted by Gasteiger charge is -2.05. The molecule has 0 fully saturated rings. The van der Waals surface area contributed by atoms with E-state index in [1.54, 1.807) is 18.2 Å². The molecule has 0 saturated carbocycles. The molecule has 0 atom stereocenters. The van der Waals surface area contributed by atoms with Crippen molar-refractivity contribution in [1.29, 1.82) is 5.26 Å². The smallest absolute Gasteiger partial charge is 0.262 e. The van der Waals surface area contributed by atoms with E-state index in [1.807, 2.05) is 18.2 Å². The number of para-hydroxylation sites is 1. The fourth-order valence-corrected chi connectivity index (χ4v) is 1.35. The molecule has 92 valence electrons. The third-order valence-corrected chi connectivity index (χ3v) is 2.21. The maximum absolute atomic E-state index is 11.6. The second-order valence-corrected chi connectivity index (χ2v) is 3.41. The van der Waals surface area contributed by atoms with E-state index in [0.717, 1.165) is 0 Å². The predicted molar refractivity (Wildman–Crippen MR) is 69.8 cm³/mol. The summed E-state index contributed by atoms with van der Waals surface area (Å²) < 4.78 is 5.15. The topological polar surface area (TPSA) is 62.1 Å². The molecule has 0 unspecified atom stereocenters. The van der Waals surface area contributed by atoms with Crippen molar-refractivity contribution < 1.29 is 9.53 Å². The third kappa shape index (κ3) is 3.49. The summed E-state index contributed by atoms with van der Waals surface area (Å²) in [6.45, 7) is 3.82. The zero-order valence-corrected chi connectivity index (χ0v) is 10.1. The van der Waals surface area contributed by atoms with Crippen molar-refractivity contribution >= 4 is 12.0 Å². The van der Waals surface area contributed by atoms with Crippen molar-refractivity contribution in [3.8, 4) is 11.8 Å². The Hall–Kier alpha value is -2.54. The molecule has 4 nitrogen and oxygen atoms in total. The van der Waals surface area contributed by atoms with Gasteiger partial charge in [0.05, 0.1) is 7.11 Å². The van der Waals surface area contributed by atoms with Crippen LogP contribution in [-0.2, 0) is 4.79 Å². The first-order chi connectivity index (χ1) is 8.72. The number of nitrogens with one attached hydrogen (secondary N) is 1. The van der Waals surface area contributed by atoms with Crippen LogP contribution in [0.15, 0.2) is 42.5 Å². The number of carbonyl (C=O) groups is 1. The van der Waals surface area contributed by atoms with Gasteiger partial charge in [-0.3, -0.25) is 4.79 Å². The van der Waals surface area contributed by atoms with Crippen LogP contribution in [0.1, 0.15) is 5.56 Å². The number of nitriles is 1. The van der Waals surface area contributed by atoms with Gasteiger partial charge in [-0.2, -0.15) is 5.26 Å².